The molecule has 2 heterocycles. The van der Waals surface area contributed by atoms with Gasteiger partial charge in [0, 0.05) is 22.0 Å². The van der Waals surface area contributed by atoms with E-state index in [-0.39, 0.29) is 11.6 Å². The van der Waals surface area contributed by atoms with Gasteiger partial charge in [0.1, 0.15) is 16.2 Å². The van der Waals surface area contributed by atoms with Crippen LogP contribution in [0.4, 0.5) is 14.5 Å². The van der Waals surface area contributed by atoms with Crippen molar-refractivity contribution in [3.8, 4) is 0 Å². The Labute approximate surface area is 157 Å². The van der Waals surface area contributed by atoms with Gasteiger partial charge in [0.2, 0.25) is 5.91 Å². The van der Waals surface area contributed by atoms with Gasteiger partial charge in [-0.1, -0.05) is 11.8 Å². The number of aromatic nitrogens is 2. The summed E-state index contributed by atoms with van der Waals surface area (Å²) in [5, 5.41) is 4.02. The number of carbonyl (C=O) groups excluding carboxylic acids is 1. The Kier molecular flexibility index (Phi) is 4.62. The van der Waals surface area contributed by atoms with E-state index >= 15 is 0 Å². The highest BCUT2D eigenvalue weighted by molar-refractivity contribution is 8.00. The molecule has 1 aliphatic carbocycles. The number of carbonyl (C=O) groups is 1. The third-order valence-electron chi connectivity index (χ3n) is 4.31. The molecule has 1 aromatic carbocycles. The second-order valence-electron chi connectivity index (χ2n) is 6.09. The fourth-order valence-corrected chi connectivity index (χ4v) is 5.27. The summed E-state index contributed by atoms with van der Waals surface area (Å²) in [6.07, 6.45) is 4.76. The molecule has 0 aliphatic heterocycles. The lowest BCUT2D eigenvalue weighted by Crippen LogP contribution is -2.22. The lowest BCUT2D eigenvalue weighted by atomic mass is 10.2. The van der Waals surface area contributed by atoms with Gasteiger partial charge in [-0.25, -0.2) is 18.7 Å². The van der Waals surface area contributed by atoms with Crippen molar-refractivity contribution < 1.29 is 13.6 Å². The highest BCUT2D eigenvalue weighted by atomic mass is 32.2. The van der Waals surface area contributed by atoms with Crippen LogP contribution in [0.2, 0.25) is 0 Å². The number of hydrogen-bond donors (Lipinski definition) is 1. The van der Waals surface area contributed by atoms with Crippen LogP contribution in [-0.2, 0) is 17.6 Å². The maximum atomic E-state index is 13.3. The van der Waals surface area contributed by atoms with E-state index in [4.69, 9.17) is 0 Å². The van der Waals surface area contributed by atoms with Gasteiger partial charge in [0.05, 0.1) is 5.25 Å². The number of aryl methyl sites for hydroxylation is 2. The fourth-order valence-electron chi connectivity index (χ4n) is 3.03. The maximum Gasteiger partial charge on any atom is 0.237 e. The van der Waals surface area contributed by atoms with Crippen molar-refractivity contribution in [2.24, 2.45) is 0 Å². The molecule has 4 rings (SSSR count). The minimum absolute atomic E-state index is 0.227. The van der Waals surface area contributed by atoms with E-state index in [1.807, 2.05) is 0 Å². The Balaban J connectivity index is 1.54. The van der Waals surface area contributed by atoms with Crippen molar-refractivity contribution >= 4 is 44.9 Å². The van der Waals surface area contributed by atoms with Crippen LogP contribution < -0.4 is 5.32 Å². The molecule has 0 saturated heterocycles. The van der Waals surface area contributed by atoms with E-state index < -0.39 is 16.9 Å². The van der Waals surface area contributed by atoms with E-state index in [0.717, 1.165) is 46.6 Å². The normalized spacial score (nSPS) is 14.4. The third-order valence-corrected chi connectivity index (χ3v) is 6.61. The number of benzene rings is 1. The number of thiophene rings is 1. The highest BCUT2D eigenvalue weighted by Gasteiger charge is 2.24. The van der Waals surface area contributed by atoms with E-state index in [2.05, 4.69) is 15.3 Å². The van der Waals surface area contributed by atoms with E-state index in [1.54, 1.807) is 18.3 Å². The van der Waals surface area contributed by atoms with Crippen LogP contribution in [0.3, 0.4) is 0 Å². The number of fused-ring (bicyclic) bond motifs is 3. The molecular formula is C18H15F2N3OS2. The maximum absolute atomic E-state index is 13.3. The molecule has 8 heteroatoms. The number of amides is 1. The molecule has 1 N–H and O–H groups in total. The molecule has 0 unspecified atom stereocenters. The SMILES string of the molecule is C[C@H](Sc1ncnc2sc3c(c12)CCC3)C(=O)Nc1ccc(F)c(F)c1. The van der Waals surface area contributed by atoms with Crippen molar-refractivity contribution in [2.45, 2.75) is 36.5 Å². The topological polar surface area (TPSA) is 54.9 Å². The quantitative estimate of drug-likeness (QED) is 0.523. The molecule has 26 heavy (non-hydrogen) atoms. The molecule has 0 radical (unpaired) electrons. The molecule has 0 bridgehead atoms. The largest absolute Gasteiger partial charge is 0.325 e. The average Bonchev–Trinajstić information content (AvgIpc) is 3.19. The number of anilines is 1. The first-order valence-electron chi connectivity index (χ1n) is 8.20. The molecule has 134 valence electrons. The summed E-state index contributed by atoms with van der Waals surface area (Å²) in [6.45, 7) is 1.76. The summed E-state index contributed by atoms with van der Waals surface area (Å²) in [6, 6.07) is 3.30. The first-order chi connectivity index (χ1) is 12.5. The van der Waals surface area contributed by atoms with Crippen LogP contribution in [0, 0.1) is 11.6 Å². The second kappa shape index (κ2) is 6.92. The molecule has 0 saturated carbocycles. The van der Waals surface area contributed by atoms with Gasteiger partial charge in [0.15, 0.2) is 11.6 Å². The Morgan fingerprint density at radius 3 is 2.92 bits per heavy atom. The number of thioether (sulfide) groups is 1. The molecule has 0 spiro atoms. The van der Waals surface area contributed by atoms with Crippen molar-refractivity contribution in [3.05, 3.63) is 46.6 Å². The highest BCUT2D eigenvalue weighted by Crippen LogP contribution is 2.40. The zero-order chi connectivity index (χ0) is 18.3. The van der Waals surface area contributed by atoms with Gasteiger partial charge < -0.3 is 5.32 Å². The van der Waals surface area contributed by atoms with Crippen molar-refractivity contribution in [1.29, 1.82) is 0 Å². The molecule has 1 atom stereocenters. The molecule has 2 aromatic heterocycles. The lowest BCUT2D eigenvalue weighted by Gasteiger charge is -2.12. The summed E-state index contributed by atoms with van der Waals surface area (Å²) < 4.78 is 26.3. The lowest BCUT2D eigenvalue weighted by molar-refractivity contribution is -0.115. The van der Waals surface area contributed by atoms with Crippen LogP contribution in [-0.4, -0.2) is 21.1 Å². The zero-order valence-electron chi connectivity index (χ0n) is 13.9. The van der Waals surface area contributed by atoms with Gasteiger partial charge in [0.25, 0.3) is 0 Å². The van der Waals surface area contributed by atoms with Crippen LogP contribution >= 0.6 is 23.1 Å². The summed E-state index contributed by atoms with van der Waals surface area (Å²) >= 11 is 3.05. The molecule has 1 aliphatic rings. The van der Waals surface area contributed by atoms with E-state index in [1.165, 1.54) is 34.6 Å². The molecule has 0 fully saturated rings. The van der Waals surface area contributed by atoms with Gasteiger partial charge >= 0.3 is 0 Å². The van der Waals surface area contributed by atoms with E-state index in [9.17, 15) is 13.6 Å². The van der Waals surface area contributed by atoms with Gasteiger partial charge in [-0.3, -0.25) is 4.79 Å². The monoisotopic (exact) mass is 391 g/mol. The van der Waals surface area contributed by atoms with Gasteiger partial charge in [-0.2, -0.15) is 0 Å². The minimum atomic E-state index is -0.991. The van der Waals surface area contributed by atoms with Crippen LogP contribution in [0.15, 0.2) is 29.6 Å². The van der Waals surface area contributed by atoms with Crippen molar-refractivity contribution in [3.63, 3.8) is 0 Å². The Hall–Kier alpha value is -2.06. The minimum Gasteiger partial charge on any atom is -0.325 e. The number of nitrogens with one attached hydrogen (secondary N) is 1. The Bertz CT molecular complexity index is 1010. The first-order valence-corrected chi connectivity index (χ1v) is 9.90. The third kappa shape index (κ3) is 3.19. The van der Waals surface area contributed by atoms with Gasteiger partial charge in [-0.05, 0) is 43.9 Å². The van der Waals surface area contributed by atoms with Crippen molar-refractivity contribution in [1.82, 2.24) is 9.97 Å². The van der Waals surface area contributed by atoms with Gasteiger partial charge in [-0.15, -0.1) is 11.3 Å². The summed E-state index contributed by atoms with van der Waals surface area (Å²) in [7, 11) is 0. The molecular weight excluding hydrogens is 376 g/mol. The average molecular weight is 391 g/mol. The molecule has 1 amide bonds. The number of hydrogen-bond acceptors (Lipinski definition) is 5. The summed E-state index contributed by atoms with van der Waals surface area (Å²) in [4.78, 5) is 23.5. The molecule has 3 aromatic rings. The Morgan fingerprint density at radius 2 is 2.12 bits per heavy atom. The fraction of sp³-hybridized carbons (Fsp3) is 0.278. The first kappa shape index (κ1) is 17.4. The Morgan fingerprint density at radius 1 is 1.27 bits per heavy atom. The van der Waals surface area contributed by atoms with E-state index in [0.29, 0.717) is 0 Å². The van der Waals surface area contributed by atoms with Crippen molar-refractivity contribution in [2.75, 3.05) is 5.32 Å². The second-order valence-corrected chi connectivity index (χ2v) is 8.51. The number of halogens is 2. The standard InChI is InChI=1S/C18H15F2N3OS2/c1-9(16(24)23-10-5-6-12(19)13(20)7-10)25-17-15-11-3-2-4-14(11)26-18(15)22-8-21-17/h5-9H,2-4H2,1H3,(H,23,24)/t9-/m0/s1. The predicted molar refractivity (Wildman–Crippen MR) is 99.7 cm³/mol. The number of nitrogens with zero attached hydrogens (tertiary/aromatic N) is 2. The number of rotatable bonds is 4. The zero-order valence-corrected chi connectivity index (χ0v) is 15.5. The van der Waals surface area contributed by atoms with Crippen LogP contribution in [0.1, 0.15) is 23.8 Å². The van der Waals surface area contributed by atoms with Crippen LogP contribution in [0.25, 0.3) is 10.2 Å². The molecule has 4 nitrogen and oxygen atoms in total. The summed E-state index contributed by atoms with van der Waals surface area (Å²) in [5.41, 5.74) is 1.53. The van der Waals surface area contributed by atoms with Crippen LogP contribution in [0.5, 0.6) is 0 Å². The summed E-state index contributed by atoms with van der Waals surface area (Å²) in [5.74, 6) is -2.23. The smallest absolute Gasteiger partial charge is 0.237 e. The predicted octanol–water partition coefficient (Wildman–Crippen LogP) is 4.58.